The molecule has 0 heterocycles. The fraction of sp³-hybridized carbons (Fsp3) is 0.273. The molecule has 2 heteroatoms. The molecular formula is C11H13ClO. The molecule has 1 nitrogen and oxygen atoms in total. The third-order valence-corrected chi connectivity index (χ3v) is 2.23. The van der Waals surface area contributed by atoms with Crippen LogP contribution in [0.4, 0.5) is 0 Å². The van der Waals surface area contributed by atoms with Gasteiger partial charge in [0.05, 0.1) is 7.11 Å². The molecule has 1 aromatic rings. The molecule has 0 aliphatic rings. The van der Waals surface area contributed by atoms with Gasteiger partial charge >= 0.3 is 0 Å². The number of rotatable bonds is 3. The minimum absolute atomic E-state index is 0.299. The number of hydrogen-bond acceptors (Lipinski definition) is 1. The highest BCUT2D eigenvalue weighted by molar-refractivity contribution is 6.30. The molecule has 0 saturated carbocycles. The standard InChI is InChI=1S/C11H13ClO/c1-4-8(2)9-5-10(12)7-11(6-9)13-3/h4-8H,1H2,2-3H3. The van der Waals surface area contributed by atoms with Gasteiger partial charge in [-0.2, -0.15) is 0 Å². The Kier molecular flexibility index (Phi) is 3.38. The van der Waals surface area contributed by atoms with Crippen molar-refractivity contribution in [3.63, 3.8) is 0 Å². The Morgan fingerprint density at radius 3 is 2.69 bits per heavy atom. The van der Waals surface area contributed by atoms with Crippen LogP contribution in [0.3, 0.4) is 0 Å². The molecule has 0 saturated heterocycles. The first kappa shape index (κ1) is 10.1. The molecule has 0 aliphatic heterocycles. The summed E-state index contributed by atoms with van der Waals surface area (Å²) in [5.41, 5.74) is 1.12. The number of halogens is 1. The van der Waals surface area contributed by atoms with Gasteiger partial charge in [-0.25, -0.2) is 0 Å². The van der Waals surface area contributed by atoms with Gasteiger partial charge in [0.25, 0.3) is 0 Å². The number of hydrogen-bond donors (Lipinski definition) is 0. The monoisotopic (exact) mass is 196 g/mol. The number of benzene rings is 1. The fourth-order valence-electron chi connectivity index (χ4n) is 1.10. The molecule has 0 amide bonds. The number of ether oxygens (including phenoxy) is 1. The predicted octanol–water partition coefficient (Wildman–Crippen LogP) is 3.64. The molecule has 13 heavy (non-hydrogen) atoms. The van der Waals surface area contributed by atoms with Crippen molar-refractivity contribution < 1.29 is 4.74 Å². The van der Waals surface area contributed by atoms with Gasteiger partial charge in [0, 0.05) is 5.02 Å². The summed E-state index contributed by atoms with van der Waals surface area (Å²) < 4.78 is 5.11. The Bertz CT molecular complexity index is 307. The minimum Gasteiger partial charge on any atom is -0.497 e. The van der Waals surface area contributed by atoms with E-state index in [2.05, 4.69) is 13.5 Å². The third kappa shape index (κ3) is 2.49. The normalized spacial score (nSPS) is 12.2. The second-order valence-electron chi connectivity index (χ2n) is 2.95. The SMILES string of the molecule is C=CC(C)c1cc(Cl)cc(OC)c1. The van der Waals surface area contributed by atoms with E-state index < -0.39 is 0 Å². The van der Waals surface area contributed by atoms with E-state index in [-0.39, 0.29) is 0 Å². The molecule has 0 aromatic heterocycles. The van der Waals surface area contributed by atoms with Gasteiger partial charge in [0.2, 0.25) is 0 Å². The van der Waals surface area contributed by atoms with Gasteiger partial charge in [0.1, 0.15) is 5.75 Å². The number of methoxy groups -OCH3 is 1. The Labute approximate surface area is 84.0 Å². The van der Waals surface area contributed by atoms with Crippen LogP contribution < -0.4 is 4.74 Å². The molecule has 1 atom stereocenters. The summed E-state index contributed by atoms with van der Waals surface area (Å²) >= 11 is 5.92. The Morgan fingerprint density at radius 1 is 1.46 bits per heavy atom. The summed E-state index contributed by atoms with van der Waals surface area (Å²) in [5, 5.41) is 0.697. The molecule has 70 valence electrons. The van der Waals surface area contributed by atoms with Crippen LogP contribution >= 0.6 is 11.6 Å². The fourth-order valence-corrected chi connectivity index (χ4v) is 1.33. The largest absolute Gasteiger partial charge is 0.497 e. The minimum atomic E-state index is 0.299. The molecule has 0 radical (unpaired) electrons. The highest BCUT2D eigenvalue weighted by Gasteiger charge is 2.04. The smallest absolute Gasteiger partial charge is 0.120 e. The highest BCUT2D eigenvalue weighted by Crippen LogP contribution is 2.26. The van der Waals surface area contributed by atoms with Crippen molar-refractivity contribution >= 4 is 11.6 Å². The van der Waals surface area contributed by atoms with E-state index in [0.29, 0.717) is 10.9 Å². The summed E-state index contributed by atoms with van der Waals surface area (Å²) in [6.45, 7) is 5.81. The lowest BCUT2D eigenvalue weighted by Crippen LogP contribution is -1.90. The van der Waals surface area contributed by atoms with Crippen molar-refractivity contribution in [2.75, 3.05) is 7.11 Å². The Balaban J connectivity index is 3.07. The summed E-state index contributed by atoms with van der Waals surface area (Å²) in [6, 6.07) is 5.69. The van der Waals surface area contributed by atoms with E-state index in [9.17, 15) is 0 Å². The Morgan fingerprint density at radius 2 is 2.15 bits per heavy atom. The molecular weight excluding hydrogens is 184 g/mol. The zero-order valence-electron chi connectivity index (χ0n) is 7.88. The molecule has 0 spiro atoms. The third-order valence-electron chi connectivity index (χ3n) is 2.01. The average molecular weight is 197 g/mol. The molecule has 0 fully saturated rings. The summed E-state index contributed by atoms with van der Waals surface area (Å²) in [6.07, 6.45) is 1.88. The van der Waals surface area contributed by atoms with Crippen LogP contribution in [0.1, 0.15) is 18.4 Å². The molecule has 1 rings (SSSR count). The Hall–Kier alpha value is -0.950. The lowest BCUT2D eigenvalue weighted by molar-refractivity contribution is 0.414. The van der Waals surface area contributed by atoms with E-state index in [1.54, 1.807) is 13.2 Å². The van der Waals surface area contributed by atoms with Gasteiger partial charge in [-0.3, -0.25) is 0 Å². The zero-order chi connectivity index (χ0) is 9.84. The summed E-state index contributed by atoms with van der Waals surface area (Å²) in [5.74, 6) is 1.09. The maximum Gasteiger partial charge on any atom is 0.120 e. The molecule has 1 unspecified atom stereocenters. The van der Waals surface area contributed by atoms with Gasteiger partial charge in [0.15, 0.2) is 0 Å². The van der Waals surface area contributed by atoms with E-state index in [0.717, 1.165) is 11.3 Å². The van der Waals surface area contributed by atoms with E-state index >= 15 is 0 Å². The van der Waals surface area contributed by atoms with Crippen LogP contribution in [0.15, 0.2) is 30.9 Å². The molecule has 0 aliphatic carbocycles. The molecule has 0 N–H and O–H groups in total. The van der Waals surface area contributed by atoms with Gasteiger partial charge in [-0.1, -0.05) is 24.6 Å². The maximum atomic E-state index is 5.92. The van der Waals surface area contributed by atoms with Crippen LogP contribution in [-0.4, -0.2) is 7.11 Å². The van der Waals surface area contributed by atoms with Crippen molar-refractivity contribution in [1.82, 2.24) is 0 Å². The highest BCUT2D eigenvalue weighted by atomic mass is 35.5. The topological polar surface area (TPSA) is 9.23 Å². The van der Waals surface area contributed by atoms with E-state index in [1.165, 1.54) is 0 Å². The van der Waals surface area contributed by atoms with Crippen molar-refractivity contribution in [2.24, 2.45) is 0 Å². The van der Waals surface area contributed by atoms with Crippen molar-refractivity contribution in [2.45, 2.75) is 12.8 Å². The molecule has 0 bridgehead atoms. The van der Waals surface area contributed by atoms with Crippen LogP contribution in [0.2, 0.25) is 5.02 Å². The first-order valence-corrected chi connectivity index (χ1v) is 4.52. The van der Waals surface area contributed by atoms with Crippen molar-refractivity contribution in [3.8, 4) is 5.75 Å². The van der Waals surface area contributed by atoms with Crippen molar-refractivity contribution in [3.05, 3.63) is 41.4 Å². The first-order chi connectivity index (χ1) is 6.17. The average Bonchev–Trinajstić information content (AvgIpc) is 2.15. The van der Waals surface area contributed by atoms with Gasteiger partial charge in [-0.15, -0.1) is 6.58 Å². The lowest BCUT2D eigenvalue weighted by atomic mass is 10.0. The second-order valence-corrected chi connectivity index (χ2v) is 3.39. The first-order valence-electron chi connectivity index (χ1n) is 4.14. The van der Waals surface area contributed by atoms with Gasteiger partial charge < -0.3 is 4.74 Å². The van der Waals surface area contributed by atoms with Crippen molar-refractivity contribution in [1.29, 1.82) is 0 Å². The number of allylic oxidation sites excluding steroid dienone is 1. The summed E-state index contributed by atoms with van der Waals surface area (Å²) in [7, 11) is 1.63. The quantitative estimate of drug-likeness (QED) is 0.671. The van der Waals surface area contributed by atoms with Crippen LogP contribution in [0.25, 0.3) is 0 Å². The maximum absolute atomic E-state index is 5.92. The predicted molar refractivity (Wildman–Crippen MR) is 56.6 cm³/mol. The van der Waals surface area contributed by atoms with Gasteiger partial charge in [-0.05, 0) is 29.7 Å². The van der Waals surface area contributed by atoms with E-state index in [1.807, 2.05) is 18.2 Å². The van der Waals surface area contributed by atoms with Crippen LogP contribution in [0.5, 0.6) is 5.75 Å². The van der Waals surface area contributed by atoms with Crippen LogP contribution in [-0.2, 0) is 0 Å². The van der Waals surface area contributed by atoms with Crippen LogP contribution in [0, 0.1) is 0 Å². The lowest BCUT2D eigenvalue weighted by Gasteiger charge is -2.09. The zero-order valence-corrected chi connectivity index (χ0v) is 8.64. The van der Waals surface area contributed by atoms with E-state index in [4.69, 9.17) is 16.3 Å². The second kappa shape index (κ2) is 4.33. The summed E-state index contributed by atoms with van der Waals surface area (Å²) in [4.78, 5) is 0. The molecule has 1 aromatic carbocycles.